The Morgan fingerprint density at radius 3 is 1.76 bits per heavy atom. The number of esters is 4. The zero-order valence-corrected chi connectivity index (χ0v) is 33.7. The van der Waals surface area contributed by atoms with Crippen molar-refractivity contribution in [3.8, 4) is 6.07 Å². The van der Waals surface area contributed by atoms with Gasteiger partial charge in [-0.15, -0.1) is 0 Å². The highest BCUT2D eigenvalue weighted by molar-refractivity contribution is 6.74. The lowest BCUT2D eigenvalue weighted by atomic mass is 9.92. The normalized spacial score (nSPS) is 27.8. The van der Waals surface area contributed by atoms with Gasteiger partial charge in [0.05, 0.1) is 29.7 Å². The Bertz CT molecular complexity index is 1330. The Morgan fingerprint density at radius 2 is 1.31 bits per heavy atom. The fourth-order valence-electron chi connectivity index (χ4n) is 4.80. The number of rotatable bonds is 14. The van der Waals surface area contributed by atoms with Crippen molar-refractivity contribution in [2.24, 2.45) is 23.7 Å². The van der Waals surface area contributed by atoms with Gasteiger partial charge in [0.2, 0.25) is 0 Å². The maximum absolute atomic E-state index is 13.3. The van der Waals surface area contributed by atoms with E-state index in [0.717, 1.165) is 0 Å². The molecule has 288 valence electrons. The van der Waals surface area contributed by atoms with Crippen LogP contribution in [0.4, 0.5) is 0 Å². The number of ether oxygens (including phenoxy) is 7. The summed E-state index contributed by atoms with van der Waals surface area (Å²) >= 11 is 0. The summed E-state index contributed by atoms with van der Waals surface area (Å²) < 4.78 is 49.3. The first kappa shape index (κ1) is 44.1. The number of hydrogen-bond acceptors (Lipinski definition) is 13. The minimum Gasteiger partial charge on any atom is -0.463 e. The molecule has 0 unspecified atom stereocenters. The highest BCUT2D eigenvalue weighted by atomic mass is 28.4. The molecule has 0 bridgehead atoms. The van der Waals surface area contributed by atoms with Gasteiger partial charge in [0.15, 0.2) is 32.9 Å². The minimum atomic E-state index is -2.52. The molecule has 1 heterocycles. The number of carbonyl (C=O) groups is 4. The van der Waals surface area contributed by atoms with Gasteiger partial charge in [-0.3, -0.25) is 19.2 Å². The number of nitriles is 1. The van der Waals surface area contributed by atoms with Gasteiger partial charge in [-0.1, -0.05) is 88.3 Å². The van der Waals surface area contributed by atoms with E-state index in [2.05, 4.69) is 39.9 Å². The third kappa shape index (κ3) is 11.7. The molecule has 0 aromatic heterocycles. The Kier molecular flexibility index (Phi) is 16.1. The largest absolute Gasteiger partial charge is 0.463 e. The quantitative estimate of drug-likeness (QED) is 0.0961. The molecule has 0 N–H and O–H groups in total. The van der Waals surface area contributed by atoms with Crippen molar-refractivity contribution in [1.29, 1.82) is 5.26 Å². The summed E-state index contributed by atoms with van der Waals surface area (Å²) in [5, 5.41) is 9.56. The predicted molar refractivity (Wildman–Crippen MR) is 189 cm³/mol. The van der Waals surface area contributed by atoms with Gasteiger partial charge >= 0.3 is 23.9 Å². The highest BCUT2D eigenvalue weighted by Gasteiger charge is 2.55. The van der Waals surface area contributed by atoms with Crippen LogP contribution in [0.5, 0.6) is 0 Å². The average molecular weight is 738 g/mol. The van der Waals surface area contributed by atoms with Gasteiger partial charge in [-0.05, 0) is 23.7 Å². The third-order valence-corrected chi connectivity index (χ3v) is 13.5. The van der Waals surface area contributed by atoms with Gasteiger partial charge in [-0.25, -0.2) is 0 Å². The van der Waals surface area contributed by atoms with Crippen LogP contribution in [0.2, 0.25) is 18.1 Å². The van der Waals surface area contributed by atoms with Crippen molar-refractivity contribution in [2.75, 3.05) is 13.7 Å². The molecule has 0 aromatic carbocycles. The van der Waals surface area contributed by atoms with Crippen LogP contribution in [-0.2, 0) is 56.8 Å². The van der Waals surface area contributed by atoms with E-state index in [1.165, 1.54) is 13.2 Å². The summed E-state index contributed by atoms with van der Waals surface area (Å²) in [6, 6.07) is 2.06. The summed E-state index contributed by atoms with van der Waals surface area (Å²) in [4.78, 5) is 52.3. The van der Waals surface area contributed by atoms with Crippen molar-refractivity contribution < 1.29 is 56.8 Å². The lowest BCUT2D eigenvalue weighted by Crippen LogP contribution is -2.65. The Balaban J connectivity index is 2.84. The van der Waals surface area contributed by atoms with Crippen LogP contribution in [0.3, 0.4) is 0 Å². The summed E-state index contributed by atoms with van der Waals surface area (Å²) in [5.41, 5.74) is 0.430. The molecule has 1 fully saturated rings. The summed E-state index contributed by atoms with van der Waals surface area (Å²) in [6.07, 6.45) is -4.69. The lowest BCUT2D eigenvalue weighted by molar-refractivity contribution is -0.321. The number of carbonyl (C=O) groups excluding carboxylic acids is 4. The second kappa shape index (κ2) is 18.6. The number of hydrogen-bond donors (Lipinski definition) is 0. The first-order valence-electron chi connectivity index (χ1n) is 17.6. The van der Waals surface area contributed by atoms with Gasteiger partial charge in [-0.2, -0.15) is 5.26 Å². The smallest absolute Gasteiger partial charge is 0.308 e. The van der Waals surface area contributed by atoms with Crippen molar-refractivity contribution in [1.82, 2.24) is 0 Å². The van der Waals surface area contributed by atoms with Crippen LogP contribution in [0.1, 0.15) is 76.2 Å². The fourth-order valence-corrected chi connectivity index (χ4v) is 6.09. The monoisotopic (exact) mass is 737 g/mol. The van der Waals surface area contributed by atoms with Crippen LogP contribution in [-0.4, -0.2) is 94.9 Å². The molecule has 0 radical (unpaired) electrons. The molecular weight excluding hydrogens is 678 g/mol. The molecule has 1 aliphatic carbocycles. The van der Waals surface area contributed by atoms with E-state index in [1.807, 2.05) is 0 Å². The molecule has 13 nitrogen and oxygen atoms in total. The number of nitrogens with zero attached hydrogens (tertiary/aromatic N) is 1. The lowest BCUT2D eigenvalue weighted by Gasteiger charge is -2.48. The van der Waals surface area contributed by atoms with Crippen LogP contribution in [0.15, 0.2) is 23.8 Å². The maximum Gasteiger partial charge on any atom is 0.308 e. The first-order valence-corrected chi connectivity index (χ1v) is 20.5. The second-order valence-electron chi connectivity index (χ2n) is 15.7. The Morgan fingerprint density at radius 1 is 0.824 bits per heavy atom. The molecular formula is C37H59NO12Si. The van der Waals surface area contributed by atoms with E-state index in [-0.39, 0.29) is 5.04 Å². The number of allylic oxidation sites excluding steroid dienone is 1. The summed E-state index contributed by atoms with van der Waals surface area (Å²) in [5.74, 6) is -4.85. The van der Waals surface area contributed by atoms with E-state index in [9.17, 15) is 24.4 Å². The van der Waals surface area contributed by atoms with Crippen LogP contribution >= 0.6 is 0 Å². The van der Waals surface area contributed by atoms with E-state index < -0.39 is 111 Å². The third-order valence-electron chi connectivity index (χ3n) is 9.07. The minimum absolute atomic E-state index is 0.220. The van der Waals surface area contributed by atoms with Crippen LogP contribution < -0.4 is 0 Å². The van der Waals surface area contributed by atoms with E-state index in [0.29, 0.717) is 5.57 Å². The molecule has 2 aliphatic rings. The average Bonchev–Trinajstić information content (AvgIpc) is 3.02. The fraction of sp³-hybridized carbons (Fsp3) is 0.757. The predicted octanol–water partition coefficient (Wildman–Crippen LogP) is 5.42. The standard InChI is InChI=1S/C37H59NO12Si/c1-20(2)32(39)44-19-26-28(46-33(40)21(3)4)30(47-34(41)22(5)6)31(48-35(42)23(7)8)36(45-26)49-27-24(17-18-38)15-16-25(43-12)29(27)50-51(13,14)37(9,10)11/h15-17,20-23,25-31,36H,19H2,1-14H3/b24-17+/t25-,26-,27+,28-,29-,30+,31-,36+/m1/s1. The van der Waals surface area contributed by atoms with Crippen molar-refractivity contribution in [3.05, 3.63) is 23.8 Å². The zero-order chi connectivity index (χ0) is 39.0. The Labute approximate surface area is 304 Å². The van der Waals surface area contributed by atoms with Gasteiger partial charge in [0.1, 0.15) is 31.0 Å². The molecule has 0 saturated carbocycles. The second-order valence-corrected chi connectivity index (χ2v) is 20.5. The zero-order valence-electron chi connectivity index (χ0n) is 32.7. The van der Waals surface area contributed by atoms with Crippen molar-refractivity contribution >= 4 is 32.2 Å². The molecule has 51 heavy (non-hydrogen) atoms. The molecule has 2 rings (SSSR count). The molecule has 14 heteroatoms. The van der Waals surface area contributed by atoms with Gasteiger partial charge in [0, 0.05) is 13.2 Å². The summed E-state index contributed by atoms with van der Waals surface area (Å²) in [7, 11) is -0.988. The van der Waals surface area contributed by atoms with Crippen molar-refractivity contribution in [3.63, 3.8) is 0 Å². The maximum atomic E-state index is 13.3. The number of methoxy groups -OCH3 is 1. The van der Waals surface area contributed by atoms with Gasteiger partial charge < -0.3 is 37.6 Å². The van der Waals surface area contributed by atoms with Gasteiger partial charge in [0.25, 0.3) is 0 Å². The molecule has 1 aliphatic heterocycles. The first-order chi connectivity index (χ1) is 23.6. The van der Waals surface area contributed by atoms with E-state index >= 15 is 0 Å². The van der Waals surface area contributed by atoms with E-state index in [4.69, 9.17) is 37.6 Å². The van der Waals surface area contributed by atoms with E-state index in [1.54, 1.807) is 67.5 Å². The molecule has 0 aromatic rings. The van der Waals surface area contributed by atoms with Crippen molar-refractivity contribution in [2.45, 2.75) is 143 Å². The van der Waals surface area contributed by atoms with Crippen LogP contribution in [0, 0.1) is 35.0 Å². The molecule has 1 saturated heterocycles. The Hall–Kier alpha value is -3.09. The highest BCUT2D eigenvalue weighted by Crippen LogP contribution is 2.41. The molecule has 0 spiro atoms. The summed E-state index contributed by atoms with van der Waals surface area (Å²) in [6.45, 7) is 23.1. The SMILES string of the molecule is CO[C@@H]1C=C/C(=C\C#N)[C@H](O[C@@H]2O[C@H](COC(=O)C(C)C)[C@@H](OC(=O)C(C)C)[C@H](OC(=O)C(C)C)[C@H]2OC(=O)C(C)C)[C@@H]1O[Si](C)(C)C(C)(C)C. The molecule has 8 atom stereocenters. The molecule has 0 amide bonds. The topological polar surface area (TPSA) is 166 Å². The van der Waals surface area contributed by atoms with Crippen LogP contribution in [0.25, 0.3) is 0 Å².